The third-order valence-corrected chi connectivity index (χ3v) is 5.95. The van der Waals surface area contributed by atoms with Crippen LogP contribution >= 0.6 is 46.6 Å². The fourth-order valence-electron chi connectivity index (χ4n) is 2.85. The van der Waals surface area contributed by atoms with Crippen LogP contribution in [0.15, 0.2) is 76.7 Å². The van der Waals surface area contributed by atoms with Gasteiger partial charge >= 0.3 is 0 Å². The maximum Gasteiger partial charge on any atom is 0.266 e. The molecule has 3 aromatic carbocycles. The molecule has 0 saturated heterocycles. The molecule has 0 saturated carbocycles. The lowest BCUT2D eigenvalue weighted by Crippen LogP contribution is -2.22. The molecular formula is C21H13Cl3N2OS. The van der Waals surface area contributed by atoms with Crippen molar-refractivity contribution in [1.82, 2.24) is 9.55 Å². The maximum atomic E-state index is 13.3. The molecule has 4 aromatic rings. The molecule has 0 aliphatic heterocycles. The van der Waals surface area contributed by atoms with Crippen molar-refractivity contribution in [3.63, 3.8) is 0 Å². The molecule has 0 bridgehead atoms. The van der Waals surface area contributed by atoms with E-state index in [0.717, 1.165) is 5.56 Å². The van der Waals surface area contributed by atoms with Gasteiger partial charge in [0.1, 0.15) is 0 Å². The van der Waals surface area contributed by atoms with Crippen molar-refractivity contribution >= 4 is 57.5 Å². The number of rotatable bonds is 4. The van der Waals surface area contributed by atoms with Crippen LogP contribution < -0.4 is 5.56 Å². The minimum Gasteiger partial charge on any atom is -0.268 e. The quantitative estimate of drug-likeness (QED) is 0.260. The molecule has 0 aliphatic rings. The number of fused-ring (bicyclic) bond motifs is 1. The van der Waals surface area contributed by atoms with Gasteiger partial charge in [0.2, 0.25) is 0 Å². The van der Waals surface area contributed by atoms with Gasteiger partial charge in [-0.3, -0.25) is 9.36 Å². The number of aromatic nitrogens is 2. The smallest absolute Gasteiger partial charge is 0.266 e. The number of hydrogen-bond donors (Lipinski definition) is 0. The average molecular weight is 448 g/mol. The van der Waals surface area contributed by atoms with Crippen LogP contribution in [0.1, 0.15) is 5.56 Å². The molecule has 7 heteroatoms. The fraction of sp³-hybridized carbons (Fsp3) is 0.0476. The van der Waals surface area contributed by atoms with Gasteiger partial charge in [0.15, 0.2) is 5.16 Å². The molecule has 140 valence electrons. The van der Waals surface area contributed by atoms with E-state index in [1.54, 1.807) is 24.3 Å². The molecule has 0 N–H and O–H groups in total. The lowest BCUT2D eigenvalue weighted by molar-refractivity contribution is 0.820. The standard InChI is InChI=1S/C21H13Cl3N2OS/c22-14-5-3-4-13(10-14)12-28-21-25-18-7-2-1-6-16(18)20(27)26(21)19-11-15(23)8-9-17(19)24/h1-11H,12H2. The molecule has 0 atom stereocenters. The Morgan fingerprint density at radius 3 is 2.50 bits per heavy atom. The maximum absolute atomic E-state index is 13.3. The SMILES string of the molecule is O=c1c2ccccc2nc(SCc2cccc(Cl)c2)n1-c1cc(Cl)ccc1Cl. The minimum atomic E-state index is -0.191. The zero-order chi connectivity index (χ0) is 19.7. The van der Waals surface area contributed by atoms with Crippen molar-refractivity contribution in [3.8, 4) is 5.69 Å². The second-order valence-electron chi connectivity index (χ2n) is 6.07. The first-order valence-corrected chi connectivity index (χ1v) is 10.5. The summed E-state index contributed by atoms with van der Waals surface area (Å²) in [4.78, 5) is 18.0. The number of nitrogens with zero attached hydrogens (tertiary/aromatic N) is 2. The molecular weight excluding hydrogens is 435 g/mol. The van der Waals surface area contributed by atoms with E-state index in [2.05, 4.69) is 0 Å². The summed E-state index contributed by atoms with van der Waals surface area (Å²) in [5.41, 5.74) is 1.98. The predicted molar refractivity (Wildman–Crippen MR) is 118 cm³/mol. The molecule has 0 amide bonds. The second kappa shape index (κ2) is 8.18. The topological polar surface area (TPSA) is 34.9 Å². The Labute approximate surface area is 180 Å². The number of halogens is 3. The van der Waals surface area contributed by atoms with Crippen molar-refractivity contribution < 1.29 is 0 Å². The van der Waals surface area contributed by atoms with Crippen molar-refractivity contribution in [2.75, 3.05) is 0 Å². The highest BCUT2D eigenvalue weighted by Crippen LogP contribution is 2.30. The predicted octanol–water partition coefficient (Wildman–Crippen LogP) is 6.64. The van der Waals surface area contributed by atoms with Gasteiger partial charge in [-0.05, 0) is 48.0 Å². The zero-order valence-corrected chi connectivity index (χ0v) is 17.5. The first kappa shape index (κ1) is 19.3. The fourth-order valence-corrected chi connectivity index (χ4v) is 4.38. The summed E-state index contributed by atoms with van der Waals surface area (Å²) >= 11 is 20.1. The monoisotopic (exact) mass is 446 g/mol. The molecule has 0 spiro atoms. The summed E-state index contributed by atoms with van der Waals surface area (Å²) in [5, 5.41) is 2.64. The zero-order valence-electron chi connectivity index (χ0n) is 14.4. The van der Waals surface area contributed by atoms with E-state index in [4.69, 9.17) is 39.8 Å². The largest absolute Gasteiger partial charge is 0.268 e. The van der Waals surface area contributed by atoms with Crippen LogP contribution in [0.4, 0.5) is 0 Å². The van der Waals surface area contributed by atoms with Crippen LogP contribution in [-0.2, 0) is 5.75 Å². The highest BCUT2D eigenvalue weighted by Gasteiger charge is 2.16. The van der Waals surface area contributed by atoms with Gasteiger partial charge in [0, 0.05) is 15.8 Å². The number of para-hydroxylation sites is 1. The summed E-state index contributed by atoms with van der Waals surface area (Å²) in [5.74, 6) is 0.601. The molecule has 0 unspecified atom stereocenters. The summed E-state index contributed by atoms with van der Waals surface area (Å²) in [7, 11) is 0. The van der Waals surface area contributed by atoms with E-state index < -0.39 is 0 Å². The van der Waals surface area contributed by atoms with Crippen LogP contribution in [0.25, 0.3) is 16.6 Å². The van der Waals surface area contributed by atoms with Crippen molar-refractivity contribution in [2.24, 2.45) is 0 Å². The summed E-state index contributed by atoms with van der Waals surface area (Å²) in [6, 6.07) is 19.9. The highest BCUT2D eigenvalue weighted by molar-refractivity contribution is 7.98. The van der Waals surface area contributed by atoms with Gasteiger partial charge in [0.25, 0.3) is 5.56 Å². The summed E-state index contributed by atoms with van der Waals surface area (Å²) in [6.45, 7) is 0. The Kier molecular flexibility index (Phi) is 5.65. The van der Waals surface area contributed by atoms with Gasteiger partial charge in [-0.25, -0.2) is 4.98 Å². The third-order valence-electron chi connectivity index (χ3n) is 4.15. The summed E-state index contributed by atoms with van der Waals surface area (Å²) < 4.78 is 1.52. The van der Waals surface area contributed by atoms with Crippen LogP contribution in [0.5, 0.6) is 0 Å². The van der Waals surface area contributed by atoms with Crippen molar-refractivity contribution in [3.05, 3.63) is 97.7 Å². The van der Waals surface area contributed by atoms with Crippen LogP contribution in [0.3, 0.4) is 0 Å². The van der Waals surface area contributed by atoms with Gasteiger partial charge in [-0.2, -0.15) is 0 Å². The normalized spacial score (nSPS) is 11.1. The van der Waals surface area contributed by atoms with Crippen LogP contribution in [-0.4, -0.2) is 9.55 Å². The second-order valence-corrected chi connectivity index (χ2v) is 8.29. The lowest BCUT2D eigenvalue weighted by Gasteiger charge is -2.15. The highest BCUT2D eigenvalue weighted by atomic mass is 35.5. The van der Waals surface area contributed by atoms with Crippen LogP contribution in [0.2, 0.25) is 15.1 Å². The minimum absolute atomic E-state index is 0.191. The third kappa shape index (κ3) is 3.91. The number of thioether (sulfide) groups is 1. The van der Waals surface area contributed by atoms with Gasteiger partial charge in [-0.15, -0.1) is 0 Å². The van der Waals surface area contributed by atoms with Gasteiger partial charge < -0.3 is 0 Å². The Morgan fingerprint density at radius 1 is 0.893 bits per heavy atom. The number of benzene rings is 3. The average Bonchev–Trinajstić information content (AvgIpc) is 2.69. The molecule has 0 radical (unpaired) electrons. The number of hydrogen-bond acceptors (Lipinski definition) is 3. The van der Waals surface area contributed by atoms with E-state index in [1.807, 2.05) is 42.5 Å². The van der Waals surface area contributed by atoms with E-state index in [-0.39, 0.29) is 5.56 Å². The van der Waals surface area contributed by atoms with Gasteiger partial charge in [-0.1, -0.05) is 70.8 Å². The van der Waals surface area contributed by atoms with E-state index in [1.165, 1.54) is 16.3 Å². The Balaban J connectivity index is 1.88. The molecule has 28 heavy (non-hydrogen) atoms. The Hall–Kier alpha value is -1.98. The van der Waals surface area contributed by atoms with Gasteiger partial charge in [0.05, 0.1) is 21.6 Å². The first-order valence-electron chi connectivity index (χ1n) is 8.37. The molecule has 1 aromatic heterocycles. The van der Waals surface area contributed by atoms with Crippen molar-refractivity contribution in [1.29, 1.82) is 0 Å². The first-order chi connectivity index (χ1) is 13.5. The van der Waals surface area contributed by atoms with Crippen molar-refractivity contribution in [2.45, 2.75) is 10.9 Å². The Bertz CT molecular complexity index is 1240. The summed E-state index contributed by atoms with van der Waals surface area (Å²) in [6.07, 6.45) is 0. The molecule has 0 fully saturated rings. The van der Waals surface area contributed by atoms with E-state index in [0.29, 0.717) is 42.6 Å². The Morgan fingerprint density at radius 2 is 1.68 bits per heavy atom. The van der Waals surface area contributed by atoms with E-state index in [9.17, 15) is 4.79 Å². The molecule has 4 rings (SSSR count). The molecule has 1 heterocycles. The molecule has 3 nitrogen and oxygen atoms in total. The lowest BCUT2D eigenvalue weighted by atomic mass is 10.2. The van der Waals surface area contributed by atoms with Crippen LogP contribution in [0, 0.1) is 0 Å². The molecule has 0 aliphatic carbocycles. The van der Waals surface area contributed by atoms with E-state index >= 15 is 0 Å².